The summed E-state index contributed by atoms with van der Waals surface area (Å²) < 4.78 is 55.5. The maximum Gasteiger partial charge on any atom is 0.345 e. The smallest absolute Gasteiger partial charge is 0.345 e. The van der Waals surface area contributed by atoms with Gasteiger partial charge in [0.05, 0.1) is 77.3 Å². The van der Waals surface area contributed by atoms with Gasteiger partial charge in [0.25, 0.3) is 0 Å². The van der Waals surface area contributed by atoms with Crippen LogP contribution in [0.5, 0.6) is 5.75 Å². The SMILES string of the molecule is CCCCC(CC)COC(=O)c1ccc(Nc2nc(Nc3ccc(C=C(C(=O)OCC(C)(C)C)C(=O)OCC(C)(C)C)cc3)nc(Nc3ccc(C=C(C(=O)OCC(C)(C)C)C(=O)OCC(C)(C)C)cc3)n2)cc1O.CCCCC(CC)COC(=O)c1ccccc1Nc1nc(Nc2ccc(C=C(C(=O)OCC(C)(C)C)C(=O)OCC(C)(C)C)cc2)nc(Nc2ccc(C=C(C(=O)OCC(C)(C)C)C(=O)OCC(C)(C)C)cc2)n1. The fourth-order valence-electron chi connectivity index (χ4n) is 12.7. The van der Waals surface area contributed by atoms with Gasteiger partial charge in [-0.2, -0.15) is 29.9 Å². The van der Waals surface area contributed by atoms with Crippen LogP contribution in [0.15, 0.2) is 162 Å². The Hall–Kier alpha value is -14.4. The van der Waals surface area contributed by atoms with Crippen LogP contribution in [-0.4, -0.2) is 161 Å². The monoisotopic (exact) mass is 2050 g/mol. The quantitative estimate of drug-likeness (QED) is 0.00612. The summed E-state index contributed by atoms with van der Waals surface area (Å²) in [4.78, 5) is 160. The van der Waals surface area contributed by atoms with E-state index in [0.717, 1.165) is 51.4 Å². The number of phenolic OH excluding ortho intramolecular Hbond substituents is 1. The Labute approximate surface area is 878 Å². The molecule has 0 fully saturated rings. The summed E-state index contributed by atoms with van der Waals surface area (Å²) in [7, 11) is 0. The van der Waals surface area contributed by atoms with Gasteiger partial charge in [-0.25, -0.2) is 47.9 Å². The number of para-hydroxylation sites is 1. The standard InChI is InChI=1S/C58H78N6O11.C58H78N6O10/c1-15-17-18-37(16-2)32-71-47(66)43-28-27-42(31-46(43)65)61-54-63-52(59-40-23-19-38(20-24-40)29-44(48(67)72-33-55(3,4)5)49(68)73-34-56(6,7)8)62-53(64-54)60-41-25-21-39(22-26-41)30-45(50(69)74-35-57(9,10)11)51(70)75-36-58(12,13)14;1-15-17-20-38(16-2)33-70-47(65)43-21-18-19-22-46(43)61-54-63-52(59-41-27-23-39(24-28-41)31-44(48(66)71-34-55(3,4)5)49(67)72-35-56(6,7)8)62-53(64-54)60-42-29-25-40(26-30-42)32-45(50(68)73-36-57(9,10)11)51(69)74-37-58(12,13)14/h19-31,37,65H,15-18,32-36H2,1-14H3,(H3,59,60,61,62,63,64);18-19,21-32,38H,15-17,20,33-37H2,1-14H3,(H3,59,60,61,62,63,64). The Morgan fingerprint density at radius 1 is 0.275 bits per heavy atom. The molecule has 2 atom stereocenters. The average molecular weight is 2050 g/mol. The molecule has 2 heterocycles. The number of unbranched alkanes of at least 4 members (excludes halogenated alkanes) is 2. The van der Waals surface area contributed by atoms with Crippen LogP contribution in [0.2, 0.25) is 0 Å². The number of phenols is 1. The van der Waals surface area contributed by atoms with E-state index >= 15 is 0 Å². The van der Waals surface area contributed by atoms with Gasteiger partial charge in [-0.3, -0.25) is 0 Å². The third-order valence-electron chi connectivity index (χ3n) is 20.9. The van der Waals surface area contributed by atoms with Crippen molar-refractivity contribution in [1.29, 1.82) is 0 Å². The van der Waals surface area contributed by atoms with Crippen molar-refractivity contribution in [2.45, 2.75) is 245 Å². The Bertz CT molecular complexity index is 5570. The lowest BCUT2D eigenvalue weighted by molar-refractivity contribution is -0.151. The molecule has 806 valence electrons. The molecule has 7 N–H and O–H groups in total. The summed E-state index contributed by atoms with van der Waals surface area (Å²) in [6.45, 7) is 55.7. The number of carbonyl (C=O) groups excluding carboxylic acids is 10. The number of anilines is 12. The zero-order valence-corrected chi connectivity index (χ0v) is 92.3. The first kappa shape index (κ1) is 122. The molecule has 0 amide bonds. The van der Waals surface area contributed by atoms with Crippen molar-refractivity contribution >= 4 is 154 Å². The van der Waals surface area contributed by atoms with E-state index in [0.29, 0.717) is 68.5 Å². The first-order valence-corrected chi connectivity index (χ1v) is 50.6. The van der Waals surface area contributed by atoms with Gasteiger partial charge in [-0.1, -0.05) is 293 Å². The topological polar surface area (TPSA) is 433 Å². The molecule has 149 heavy (non-hydrogen) atoms. The zero-order chi connectivity index (χ0) is 111. The number of hydrogen-bond donors (Lipinski definition) is 7. The van der Waals surface area contributed by atoms with E-state index in [1.807, 2.05) is 166 Å². The van der Waals surface area contributed by atoms with Crippen LogP contribution in [-0.2, 0) is 85.7 Å². The minimum atomic E-state index is -0.800. The Morgan fingerprint density at radius 3 is 0.711 bits per heavy atom. The van der Waals surface area contributed by atoms with Gasteiger partial charge < -0.3 is 84.4 Å². The fraction of sp³-hybridized carbons (Fsp3) is 0.483. The van der Waals surface area contributed by atoms with Gasteiger partial charge in [0.2, 0.25) is 35.7 Å². The number of aromatic nitrogens is 6. The van der Waals surface area contributed by atoms with Crippen molar-refractivity contribution < 1.29 is 100 Å². The van der Waals surface area contributed by atoms with Crippen molar-refractivity contribution in [2.24, 2.45) is 55.2 Å². The summed E-state index contributed by atoms with van der Waals surface area (Å²) in [5.74, 6) is -6.80. The highest BCUT2D eigenvalue weighted by Gasteiger charge is 2.33. The summed E-state index contributed by atoms with van der Waals surface area (Å²) >= 11 is 0. The molecule has 2 unspecified atom stereocenters. The predicted molar refractivity (Wildman–Crippen MR) is 582 cm³/mol. The van der Waals surface area contributed by atoms with Crippen molar-refractivity contribution in [3.8, 4) is 5.75 Å². The lowest BCUT2D eigenvalue weighted by atomic mass is 9.98. The molecule has 33 heteroatoms. The van der Waals surface area contributed by atoms with Crippen LogP contribution in [0.25, 0.3) is 24.3 Å². The molecule has 8 aromatic rings. The van der Waals surface area contributed by atoms with Crippen molar-refractivity contribution in [1.82, 2.24) is 29.9 Å². The van der Waals surface area contributed by atoms with E-state index in [9.17, 15) is 53.1 Å². The van der Waals surface area contributed by atoms with Crippen molar-refractivity contribution in [2.75, 3.05) is 98.0 Å². The van der Waals surface area contributed by atoms with Crippen LogP contribution in [0.1, 0.15) is 288 Å². The highest BCUT2D eigenvalue weighted by molar-refractivity contribution is 6.20. The van der Waals surface area contributed by atoms with E-state index in [2.05, 4.69) is 89.5 Å². The molecule has 0 bridgehead atoms. The third kappa shape index (κ3) is 46.3. The number of rotatable bonds is 46. The Kier molecular flexibility index (Phi) is 45.3. The van der Waals surface area contributed by atoms with Gasteiger partial charge in [-0.15, -0.1) is 0 Å². The van der Waals surface area contributed by atoms with Gasteiger partial charge in [0.1, 0.15) is 33.6 Å². The highest BCUT2D eigenvalue weighted by Crippen LogP contribution is 2.34. The maximum absolute atomic E-state index is 13.5. The molecule has 0 radical (unpaired) electrons. The fourth-order valence-corrected chi connectivity index (χ4v) is 12.7. The summed E-state index contributed by atoms with van der Waals surface area (Å²) in [5, 5.41) is 30.0. The second-order valence-electron chi connectivity index (χ2n) is 46.5. The Balaban J connectivity index is 0.000000403. The van der Waals surface area contributed by atoms with Crippen molar-refractivity contribution in [3.05, 3.63) is 195 Å². The molecule has 33 nitrogen and oxygen atoms in total. The second-order valence-corrected chi connectivity index (χ2v) is 46.5. The van der Waals surface area contributed by atoms with Gasteiger partial charge in [0.15, 0.2) is 0 Å². The molecule has 0 saturated heterocycles. The Morgan fingerprint density at radius 2 is 0.490 bits per heavy atom. The number of ether oxygens (including phenoxy) is 10. The molecule has 8 rings (SSSR count). The van der Waals surface area contributed by atoms with Gasteiger partial charge in [-0.05, 0) is 187 Å². The van der Waals surface area contributed by atoms with E-state index < -0.39 is 59.7 Å². The number of hydrogen-bond acceptors (Lipinski definition) is 33. The second kappa shape index (κ2) is 55.6. The van der Waals surface area contributed by atoms with E-state index in [1.54, 1.807) is 127 Å². The summed E-state index contributed by atoms with van der Waals surface area (Å²) in [6, 6.07) is 38.6. The zero-order valence-electron chi connectivity index (χ0n) is 92.3. The minimum Gasteiger partial charge on any atom is -0.507 e. The van der Waals surface area contributed by atoms with Gasteiger partial charge in [0, 0.05) is 34.5 Å². The molecule has 6 aromatic carbocycles. The predicted octanol–water partition coefficient (Wildman–Crippen LogP) is 24.9. The first-order chi connectivity index (χ1) is 69.6. The molecular formula is C116H156N12O21. The molecule has 0 aliphatic heterocycles. The van der Waals surface area contributed by atoms with Crippen LogP contribution in [0.3, 0.4) is 0 Å². The van der Waals surface area contributed by atoms with Crippen LogP contribution in [0, 0.1) is 55.2 Å². The molecule has 0 saturated carbocycles. The van der Waals surface area contributed by atoms with E-state index in [-0.39, 0.29) is 184 Å². The maximum atomic E-state index is 13.5. The molecule has 2 aromatic heterocycles. The molecule has 0 aliphatic rings. The number of aromatic hydroxyl groups is 1. The summed E-state index contributed by atoms with van der Waals surface area (Å²) in [6.07, 6.45) is 13.6. The number of esters is 10. The third-order valence-corrected chi connectivity index (χ3v) is 20.9. The number of nitrogens with zero attached hydrogens (tertiary/aromatic N) is 6. The number of carbonyl (C=O) groups is 10. The van der Waals surface area contributed by atoms with E-state index in [1.165, 1.54) is 36.4 Å². The van der Waals surface area contributed by atoms with Crippen molar-refractivity contribution in [3.63, 3.8) is 0 Å². The van der Waals surface area contributed by atoms with Crippen LogP contribution < -0.4 is 31.9 Å². The molecular weight excluding hydrogens is 1900 g/mol. The number of benzene rings is 6. The van der Waals surface area contributed by atoms with Gasteiger partial charge >= 0.3 is 59.7 Å². The average Bonchev–Trinajstić information content (AvgIpc) is 0.795. The molecule has 0 aliphatic carbocycles. The minimum absolute atomic E-state index is 0.00859. The number of nitrogens with one attached hydrogen (secondary N) is 6. The largest absolute Gasteiger partial charge is 0.507 e. The molecule has 0 spiro atoms. The first-order valence-electron chi connectivity index (χ1n) is 50.6. The van der Waals surface area contributed by atoms with Crippen LogP contribution in [0.4, 0.5) is 69.8 Å². The normalized spacial score (nSPS) is 12.1. The lowest BCUT2D eigenvalue weighted by Gasteiger charge is -2.20. The lowest BCUT2D eigenvalue weighted by Crippen LogP contribution is -2.25. The van der Waals surface area contributed by atoms with E-state index in [4.69, 9.17) is 47.4 Å². The van der Waals surface area contributed by atoms with Crippen LogP contribution >= 0.6 is 0 Å². The summed E-state index contributed by atoms with van der Waals surface area (Å²) in [5.41, 5.74) is 1.65. The highest BCUT2D eigenvalue weighted by atomic mass is 16.6.